The van der Waals surface area contributed by atoms with Crippen LogP contribution in [0, 0.1) is 6.92 Å². The summed E-state index contributed by atoms with van der Waals surface area (Å²) in [5.74, 6) is 1.62. The Balaban J connectivity index is 1.29. The minimum Gasteiger partial charge on any atom is -0.497 e. The van der Waals surface area contributed by atoms with Crippen LogP contribution >= 0.6 is 0 Å². The lowest BCUT2D eigenvalue weighted by Crippen LogP contribution is -2.51. The fourth-order valence-electron chi connectivity index (χ4n) is 4.37. The van der Waals surface area contributed by atoms with E-state index in [1.54, 1.807) is 47.0 Å². The summed E-state index contributed by atoms with van der Waals surface area (Å²) in [5, 5.41) is 0. The topological polar surface area (TPSA) is 89.8 Å². The number of ether oxygens (including phenoxy) is 2. The Hall–Kier alpha value is -4.40. The summed E-state index contributed by atoms with van der Waals surface area (Å²) < 4.78 is 12.5. The van der Waals surface area contributed by atoms with Crippen molar-refractivity contribution in [1.29, 1.82) is 0 Å². The molecule has 9 heteroatoms. The molecule has 9 nitrogen and oxygen atoms in total. The number of pyridine rings is 1. The standard InChI is InChI=1S/C28H29N5O4/c1-20-5-7-21(8-6-20)18-33-26-24(4-3-13-29-26)30-27(28(33)35)32-16-14-31(15-17-32)25(34)19-37-23-11-9-22(36-2)10-12-23/h3-13H,14-19H2,1-2H3. The van der Waals surface area contributed by atoms with E-state index in [-0.39, 0.29) is 18.1 Å². The first-order valence-corrected chi connectivity index (χ1v) is 12.2. The first-order chi connectivity index (χ1) is 18.0. The van der Waals surface area contributed by atoms with Gasteiger partial charge in [0.1, 0.15) is 17.0 Å². The third-order valence-corrected chi connectivity index (χ3v) is 6.50. The van der Waals surface area contributed by atoms with E-state index in [0.29, 0.717) is 55.5 Å². The zero-order valence-corrected chi connectivity index (χ0v) is 21.0. The molecule has 1 aliphatic heterocycles. The summed E-state index contributed by atoms with van der Waals surface area (Å²) in [7, 11) is 1.60. The van der Waals surface area contributed by atoms with Crippen molar-refractivity contribution in [3.05, 3.63) is 88.3 Å². The van der Waals surface area contributed by atoms with Crippen LogP contribution in [-0.2, 0) is 11.3 Å². The van der Waals surface area contributed by atoms with Gasteiger partial charge in [-0.2, -0.15) is 0 Å². The van der Waals surface area contributed by atoms with Gasteiger partial charge in [0, 0.05) is 32.4 Å². The monoisotopic (exact) mass is 499 g/mol. The number of nitrogens with zero attached hydrogens (tertiary/aromatic N) is 5. The van der Waals surface area contributed by atoms with Crippen molar-refractivity contribution < 1.29 is 14.3 Å². The average Bonchev–Trinajstić information content (AvgIpc) is 2.94. The molecular formula is C28H29N5O4. The molecule has 1 amide bonds. The molecule has 1 aliphatic rings. The van der Waals surface area contributed by atoms with Crippen molar-refractivity contribution in [2.45, 2.75) is 13.5 Å². The molecule has 2 aromatic heterocycles. The van der Waals surface area contributed by atoms with Crippen molar-refractivity contribution >= 4 is 22.9 Å². The van der Waals surface area contributed by atoms with Gasteiger partial charge in [0.25, 0.3) is 11.5 Å². The van der Waals surface area contributed by atoms with Crippen molar-refractivity contribution in [3.8, 4) is 11.5 Å². The molecule has 0 atom stereocenters. The van der Waals surface area contributed by atoms with E-state index in [4.69, 9.17) is 9.47 Å². The van der Waals surface area contributed by atoms with Crippen LogP contribution in [-0.4, -0.2) is 65.2 Å². The zero-order valence-electron chi connectivity index (χ0n) is 21.0. The molecule has 0 radical (unpaired) electrons. The maximum absolute atomic E-state index is 13.6. The SMILES string of the molecule is COc1ccc(OCC(=O)N2CCN(c3nc4cccnc4n(Cc4ccc(C)cc4)c3=O)CC2)cc1. The number of fused-ring (bicyclic) bond motifs is 1. The fourth-order valence-corrected chi connectivity index (χ4v) is 4.37. The number of aryl methyl sites for hydroxylation is 1. The number of aromatic nitrogens is 3. The molecule has 0 aliphatic carbocycles. The molecule has 0 spiro atoms. The summed E-state index contributed by atoms with van der Waals surface area (Å²) in [6.45, 7) is 4.37. The molecule has 3 heterocycles. The van der Waals surface area contributed by atoms with Crippen molar-refractivity contribution in [3.63, 3.8) is 0 Å². The minimum absolute atomic E-state index is 0.0461. The van der Waals surface area contributed by atoms with Gasteiger partial charge < -0.3 is 19.3 Å². The van der Waals surface area contributed by atoms with E-state index >= 15 is 0 Å². The van der Waals surface area contributed by atoms with Gasteiger partial charge in [-0.3, -0.25) is 14.2 Å². The number of rotatable bonds is 7. The molecule has 4 aromatic rings. The van der Waals surface area contributed by atoms with Crippen LogP contribution in [0.5, 0.6) is 11.5 Å². The van der Waals surface area contributed by atoms with Crippen LogP contribution in [0.4, 0.5) is 5.82 Å². The molecule has 37 heavy (non-hydrogen) atoms. The largest absolute Gasteiger partial charge is 0.497 e. The Bertz CT molecular complexity index is 1440. The molecule has 0 N–H and O–H groups in total. The smallest absolute Gasteiger partial charge is 0.295 e. The molecule has 0 saturated carbocycles. The van der Waals surface area contributed by atoms with Crippen LogP contribution in [0.1, 0.15) is 11.1 Å². The van der Waals surface area contributed by atoms with E-state index < -0.39 is 0 Å². The number of carbonyl (C=O) groups is 1. The molecule has 0 bridgehead atoms. The quantitative estimate of drug-likeness (QED) is 0.386. The molecule has 190 valence electrons. The third kappa shape index (κ3) is 5.40. The summed E-state index contributed by atoms with van der Waals surface area (Å²) in [5.41, 5.74) is 3.21. The second-order valence-electron chi connectivity index (χ2n) is 8.99. The minimum atomic E-state index is -0.186. The van der Waals surface area contributed by atoms with Gasteiger partial charge in [-0.1, -0.05) is 29.8 Å². The molecule has 0 unspecified atom stereocenters. The third-order valence-electron chi connectivity index (χ3n) is 6.50. The highest BCUT2D eigenvalue weighted by Crippen LogP contribution is 2.18. The zero-order chi connectivity index (χ0) is 25.8. The predicted octanol–water partition coefficient (Wildman–Crippen LogP) is 2.88. The average molecular weight is 500 g/mol. The maximum atomic E-state index is 13.6. The molecule has 1 saturated heterocycles. The van der Waals surface area contributed by atoms with E-state index in [1.165, 1.54) is 0 Å². The van der Waals surface area contributed by atoms with E-state index in [9.17, 15) is 9.59 Å². The Morgan fingerprint density at radius 3 is 2.35 bits per heavy atom. The van der Waals surface area contributed by atoms with Crippen molar-refractivity contribution in [1.82, 2.24) is 19.4 Å². The first kappa shape index (κ1) is 24.3. The molecule has 2 aromatic carbocycles. The summed E-state index contributed by atoms with van der Waals surface area (Å²) in [6, 6.07) is 18.9. The number of hydrogen-bond acceptors (Lipinski definition) is 7. The van der Waals surface area contributed by atoms with Crippen LogP contribution in [0.3, 0.4) is 0 Å². The number of carbonyl (C=O) groups excluding carboxylic acids is 1. The number of benzene rings is 2. The summed E-state index contributed by atoms with van der Waals surface area (Å²) in [6.07, 6.45) is 1.67. The van der Waals surface area contributed by atoms with Crippen molar-refractivity contribution in [2.24, 2.45) is 0 Å². The Morgan fingerprint density at radius 1 is 0.946 bits per heavy atom. The Morgan fingerprint density at radius 2 is 1.65 bits per heavy atom. The maximum Gasteiger partial charge on any atom is 0.295 e. The van der Waals surface area contributed by atoms with Gasteiger partial charge >= 0.3 is 0 Å². The molecule has 5 rings (SSSR count). The number of hydrogen-bond donors (Lipinski definition) is 0. The van der Waals surface area contributed by atoms with Crippen LogP contribution in [0.25, 0.3) is 11.2 Å². The molecule has 1 fully saturated rings. The lowest BCUT2D eigenvalue weighted by Gasteiger charge is -2.35. The second-order valence-corrected chi connectivity index (χ2v) is 8.99. The van der Waals surface area contributed by atoms with Gasteiger partial charge in [-0.15, -0.1) is 0 Å². The van der Waals surface area contributed by atoms with Gasteiger partial charge in [0.2, 0.25) is 0 Å². The Kier molecular flexibility index (Phi) is 7.02. The van der Waals surface area contributed by atoms with Gasteiger partial charge in [0.05, 0.1) is 13.7 Å². The van der Waals surface area contributed by atoms with E-state index in [0.717, 1.165) is 16.9 Å². The summed E-state index contributed by atoms with van der Waals surface area (Å²) in [4.78, 5) is 39.1. The summed E-state index contributed by atoms with van der Waals surface area (Å²) >= 11 is 0. The lowest BCUT2D eigenvalue weighted by atomic mass is 10.1. The van der Waals surface area contributed by atoms with Crippen LogP contribution in [0.15, 0.2) is 71.7 Å². The predicted molar refractivity (Wildman–Crippen MR) is 141 cm³/mol. The number of methoxy groups -OCH3 is 1. The highest BCUT2D eigenvalue weighted by molar-refractivity contribution is 5.78. The van der Waals surface area contributed by atoms with Gasteiger partial charge in [0.15, 0.2) is 18.1 Å². The Labute approximate surface area is 214 Å². The van der Waals surface area contributed by atoms with Gasteiger partial charge in [-0.05, 0) is 48.9 Å². The molecular weight excluding hydrogens is 470 g/mol. The van der Waals surface area contributed by atoms with Gasteiger partial charge in [-0.25, -0.2) is 9.97 Å². The highest BCUT2D eigenvalue weighted by atomic mass is 16.5. The second kappa shape index (κ2) is 10.7. The van der Waals surface area contributed by atoms with E-state index in [2.05, 4.69) is 9.97 Å². The first-order valence-electron chi connectivity index (χ1n) is 12.2. The fraction of sp³-hybridized carbons (Fsp3) is 0.286. The van der Waals surface area contributed by atoms with Crippen molar-refractivity contribution in [2.75, 3.05) is 44.8 Å². The lowest BCUT2D eigenvalue weighted by molar-refractivity contribution is -0.133. The number of amides is 1. The number of anilines is 1. The van der Waals surface area contributed by atoms with E-state index in [1.807, 2.05) is 48.2 Å². The normalized spacial score (nSPS) is 13.6. The number of piperazine rings is 1. The van der Waals surface area contributed by atoms with Crippen LogP contribution in [0.2, 0.25) is 0 Å². The van der Waals surface area contributed by atoms with Crippen LogP contribution < -0.4 is 19.9 Å². The highest BCUT2D eigenvalue weighted by Gasteiger charge is 2.25.